The smallest absolute Gasteiger partial charge is 0.407 e. The van der Waals surface area contributed by atoms with Crippen LogP contribution in [0.5, 0.6) is 5.75 Å². The van der Waals surface area contributed by atoms with Gasteiger partial charge in [0.2, 0.25) is 5.91 Å². The second-order valence-electron chi connectivity index (χ2n) is 16.2. The molecule has 2 aromatic heterocycles. The molecule has 6 atom stereocenters. The molecule has 4 N–H and O–H groups in total. The minimum atomic E-state index is -0.711. The summed E-state index contributed by atoms with van der Waals surface area (Å²) in [5.41, 5.74) is 8.86. The zero-order valence-corrected chi connectivity index (χ0v) is 34.5. The van der Waals surface area contributed by atoms with E-state index in [4.69, 9.17) is 42.6 Å². The number of ether oxygens (including phenoxy) is 2. The van der Waals surface area contributed by atoms with Crippen LogP contribution in [0, 0.1) is 11.8 Å². The molecule has 300 valence electrons. The molecule has 1 aliphatic carbocycles. The number of halogens is 2. The molecule has 9 rings (SSSR count). The van der Waals surface area contributed by atoms with E-state index in [1.165, 1.54) is 7.11 Å². The molecule has 0 spiro atoms. The van der Waals surface area contributed by atoms with Crippen LogP contribution in [-0.4, -0.2) is 63.1 Å². The van der Waals surface area contributed by atoms with Gasteiger partial charge in [0.05, 0.1) is 48.0 Å². The van der Waals surface area contributed by atoms with Crippen LogP contribution in [0.1, 0.15) is 104 Å². The number of carbonyl (C=O) groups is 2. The Labute approximate surface area is 347 Å². The molecule has 58 heavy (non-hydrogen) atoms. The summed E-state index contributed by atoms with van der Waals surface area (Å²) >= 11 is 14.0. The zero-order valence-electron chi connectivity index (χ0n) is 32.9. The average molecular weight is 821 g/mol. The van der Waals surface area contributed by atoms with Crippen LogP contribution in [-0.2, 0) is 9.53 Å². The molecule has 0 radical (unpaired) electrons. The Morgan fingerprint density at radius 2 is 1.66 bits per heavy atom. The molecule has 3 aliphatic heterocycles. The topological polar surface area (TPSA) is 137 Å². The van der Waals surface area contributed by atoms with Gasteiger partial charge in [0.1, 0.15) is 29.5 Å². The summed E-state index contributed by atoms with van der Waals surface area (Å²) < 4.78 is 11.9. The van der Waals surface area contributed by atoms with Crippen molar-refractivity contribution in [3.05, 3.63) is 112 Å². The fraction of sp³-hybridized carbons (Fsp3) is 0.378. The number of nitrogens with one attached hydrogen (secondary N) is 4. The maximum atomic E-state index is 13.8. The molecule has 2 amide bonds. The lowest BCUT2D eigenvalue weighted by molar-refractivity contribution is -0.135. The Hall–Kier alpha value is -5.10. The summed E-state index contributed by atoms with van der Waals surface area (Å²) in [5, 5.41) is 7.57. The lowest BCUT2D eigenvalue weighted by Crippen LogP contribution is -2.51. The third-order valence-electron chi connectivity index (χ3n) is 12.4. The predicted molar refractivity (Wildman–Crippen MR) is 225 cm³/mol. The molecule has 11 nitrogen and oxygen atoms in total. The van der Waals surface area contributed by atoms with Crippen molar-refractivity contribution in [3.8, 4) is 28.3 Å². The molecular weight excluding hydrogens is 773 g/mol. The molecule has 5 aromatic rings. The number of carbonyl (C=O) groups excluding carboxylic acids is 2. The average Bonchev–Trinajstić information content (AvgIpc) is 4.08. The second-order valence-corrected chi connectivity index (χ2v) is 17.0. The highest BCUT2D eigenvalue weighted by atomic mass is 35.5. The fourth-order valence-corrected chi connectivity index (χ4v) is 9.90. The second kappa shape index (κ2) is 15.6. The van der Waals surface area contributed by atoms with E-state index in [2.05, 4.69) is 76.1 Å². The van der Waals surface area contributed by atoms with Gasteiger partial charge in [-0.05, 0) is 90.1 Å². The number of fused-ring (bicyclic) bond motifs is 4. The number of imidazole rings is 2. The first-order valence-corrected chi connectivity index (χ1v) is 20.9. The number of methoxy groups -OCH3 is 1. The van der Waals surface area contributed by atoms with Crippen LogP contribution in [0.4, 0.5) is 4.79 Å². The van der Waals surface area contributed by atoms with Crippen LogP contribution in [0.3, 0.4) is 0 Å². The molecule has 13 heteroatoms. The number of hydrogen-bond donors (Lipinski definition) is 4. The Morgan fingerprint density at radius 3 is 2.40 bits per heavy atom. The van der Waals surface area contributed by atoms with Crippen LogP contribution in [0.25, 0.3) is 33.1 Å². The van der Waals surface area contributed by atoms with E-state index in [1.54, 1.807) is 0 Å². The fourth-order valence-electron chi connectivity index (χ4n) is 9.33. The standard InChI is InChI=1S/C45H47Cl2N7O4/c1-23(2)40(53-45(56)57-4)44(55)54-18-6-8-35(54)43-50-22-34(52-43)27-13-15-30-36(19-27)58-41(37-24(3)29-16-14-28(46)20-31(29)39(47)38(30)37)26-11-9-25(10-12-26)33-21-49-42(51-33)32-7-5-17-48-32/h9-16,19-24,32,35,37,40-41,48H,5-8,17-18H2,1-4H3,(H,49,51)(H,50,52)(H,53,56). The van der Waals surface area contributed by atoms with E-state index in [0.717, 1.165) is 94.1 Å². The normalized spacial score (nSPS) is 22.9. The third kappa shape index (κ3) is 6.86. The van der Waals surface area contributed by atoms with Gasteiger partial charge in [-0.2, -0.15) is 0 Å². The monoisotopic (exact) mass is 819 g/mol. The molecule has 6 unspecified atom stereocenters. The number of amides is 2. The molecule has 2 fully saturated rings. The molecular formula is C45H47Cl2N7O4. The number of alkyl carbamates (subject to hydrolysis) is 1. The first kappa shape index (κ1) is 38.4. The van der Waals surface area contributed by atoms with Crippen molar-refractivity contribution >= 4 is 45.8 Å². The van der Waals surface area contributed by atoms with Gasteiger partial charge in [-0.1, -0.05) is 86.4 Å². The predicted octanol–water partition coefficient (Wildman–Crippen LogP) is 9.56. The minimum absolute atomic E-state index is 0.0643. The number of nitrogens with zero attached hydrogens (tertiary/aromatic N) is 3. The van der Waals surface area contributed by atoms with E-state index < -0.39 is 12.1 Å². The molecule has 3 aromatic carbocycles. The summed E-state index contributed by atoms with van der Waals surface area (Å²) in [4.78, 5) is 44.2. The summed E-state index contributed by atoms with van der Waals surface area (Å²) in [7, 11) is 1.30. The van der Waals surface area contributed by atoms with Crippen LogP contribution in [0.15, 0.2) is 73.1 Å². The van der Waals surface area contributed by atoms with Crippen molar-refractivity contribution in [1.29, 1.82) is 0 Å². The highest BCUT2D eigenvalue weighted by Crippen LogP contribution is 2.58. The summed E-state index contributed by atoms with van der Waals surface area (Å²) in [5.74, 6) is 2.14. The van der Waals surface area contributed by atoms with E-state index in [1.807, 2.05) is 43.3 Å². The SMILES string of the molecule is COC(=O)NC(C(=O)N1CCCC1c1ncc(-c2ccc3c(c2)OC(c2ccc(-c4cnc(C5CCCN5)[nH]4)cc2)C2C3=C(Cl)c3cc(Cl)ccc3C2C)[nH]1)C(C)C. The van der Waals surface area contributed by atoms with E-state index in [9.17, 15) is 9.59 Å². The summed E-state index contributed by atoms with van der Waals surface area (Å²) in [6.45, 7) is 7.65. The van der Waals surface area contributed by atoms with Gasteiger partial charge in [0, 0.05) is 28.6 Å². The van der Waals surface area contributed by atoms with Gasteiger partial charge in [-0.15, -0.1) is 0 Å². The maximum absolute atomic E-state index is 13.8. The highest BCUT2D eigenvalue weighted by Gasteiger charge is 2.44. The summed E-state index contributed by atoms with van der Waals surface area (Å²) in [6.07, 6.45) is 6.59. The van der Waals surface area contributed by atoms with Gasteiger partial charge < -0.3 is 35.0 Å². The number of benzene rings is 3. The minimum Gasteiger partial charge on any atom is -0.484 e. The lowest BCUT2D eigenvalue weighted by atomic mass is 9.68. The van der Waals surface area contributed by atoms with E-state index in [0.29, 0.717) is 22.4 Å². The van der Waals surface area contributed by atoms with Crippen molar-refractivity contribution in [2.24, 2.45) is 11.8 Å². The van der Waals surface area contributed by atoms with Crippen molar-refractivity contribution in [2.45, 2.75) is 76.6 Å². The van der Waals surface area contributed by atoms with E-state index >= 15 is 0 Å². The Bertz CT molecular complexity index is 2400. The first-order chi connectivity index (χ1) is 28.1. The van der Waals surface area contributed by atoms with Crippen molar-refractivity contribution in [1.82, 2.24) is 35.5 Å². The highest BCUT2D eigenvalue weighted by molar-refractivity contribution is 6.53. The molecule has 5 heterocycles. The maximum Gasteiger partial charge on any atom is 0.407 e. The number of rotatable bonds is 8. The Morgan fingerprint density at radius 1 is 0.914 bits per heavy atom. The number of H-pyrrole nitrogens is 2. The molecule has 0 bridgehead atoms. The largest absolute Gasteiger partial charge is 0.484 e. The number of hydrogen-bond acceptors (Lipinski definition) is 7. The first-order valence-electron chi connectivity index (χ1n) is 20.2. The van der Waals surface area contributed by atoms with Crippen molar-refractivity contribution in [3.63, 3.8) is 0 Å². The molecule has 2 saturated heterocycles. The number of aromatic nitrogens is 4. The van der Waals surface area contributed by atoms with Gasteiger partial charge >= 0.3 is 6.09 Å². The third-order valence-corrected chi connectivity index (χ3v) is 13.0. The van der Waals surface area contributed by atoms with Gasteiger partial charge in [0.25, 0.3) is 0 Å². The van der Waals surface area contributed by atoms with Crippen molar-refractivity contribution < 1.29 is 19.1 Å². The molecule has 4 aliphatic rings. The Balaban J connectivity index is 1.05. The Kier molecular flexibility index (Phi) is 10.3. The number of likely N-dealkylation sites (tertiary alicyclic amines) is 1. The van der Waals surface area contributed by atoms with Gasteiger partial charge in [0.15, 0.2) is 0 Å². The zero-order chi connectivity index (χ0) is 40.2. The van der Waals surface area contributed by atoms with Crippen molar-refractivity contribution in [2.75, 3.05) is 20.2 Å². The van der Waals surface area contributed by atoms with Gasteiger partial charge in [-0.25, -0.2) is 14.8 Å². The summed E-state index contributed by atoms with van der Waals surface area (Å²) in [6, 6.07) is 20.1. The lowest BCUT2D eigenvalue weighted by Gasteiger charge is -2.43. The van der Waals surface area contributed by atoms with Crippen LogP contribution in [0.2, 0.25) is 5.02 Å². The van der Waals surface area contributed by atoms with Crippen LogP contribution >= 0.6 is 23.2 Å². The quantitative estimate of drug-likeness (QED) is 0.122. The molecule has 0 saturated carbocycles. The van der Waals surface area contributed by atoms with Gasteiger partial charge in [-0.3, -0.25) is 4.79 Å². The van der Waals surface area contributed by atoms with E-state index in [-0.39, 0.29) is 41.8 Å². The van der Waals surface area contributed by atoms with Crippen LogP contribution < -0.4 is 15.4 Å². The number of aromatic amines is 2.